The van der Waals surface area contributed by atoms with Gasteiger partial charge in [0.1, 0.15) is 4.88 Å². The second kappa shape index (κ2) is 5.05. The second-order valence-corrected chi connectivity index (χ2v) is 4.85. The lowest BCUT2D eigenvalue weighted by atomic mass is 10.1. The van der Waals surface area contributed by atoms with E-state index in [1.165, 1.54) is 13.1 Å². The van der Waals surface area contributed by atoms with Gasteiger partial charge < -0.3 is 5.32 Å². The largest absolute Gasteiger partial charge is 0.426 e. The number of hydrogen-bond donors (Lipinski definition) is 1. The van der Waals surface area contributed by atoms with Gasteiger partial charge >= 0.3 is 6.18 Å². The molecule has 0 atom stereocenters. The van der Waals surface area contributed by atoms with Crippen molar-refractivity contribution in [2.45, 2.75) is 6.18 Å². The zero-order valence-corrected chi connectivity index (χ0v) is 10.7. The number of rotatable bonds is 2. The average Bonchev–Trinajstić information content (AvgIpc) is 2.84. The van der Waals surface area contributed by atoms with Crippen LogP contribution < -0.4 is 5.32 Å². The normalized spacial score (nSPS) is 11.4. The number of nitrogens with one attached hydrogen (secondary N) is 1. The monoisotopic (exact) mass is 285 g/mol. The van der Waals surface area contributed by atoms with Gasteiger partial charge in [-0.05, 0) is 11.6 Å². The van der Waals surface area contributed by atoms with Crippen molar-refractivity contribution in [3.05, 3.63) is 46.2 Å². The SMILES string of the molecule is CNC(=O)c1cc(-c2ccccc2)c(C(F)(F)F)s1. The highest BCUT2D eigenvalue weighted by Crippen LogP contribution is 2.42. The summed E-state index contributed by atoms with van der Waals surface area (Å²) in [4.78, 5) is 10.8. The molecule has 0 bridgehead atoms. The predicted molar refractivity (Wildman–Crippen MR) is 68.1 cm³/mol. The van der Waals surface area contributed by atoms with Crippen LogP contribution in [-0.4, -0.2) is 13.0 Å². The Labute approximate surface area is 111 Å². The molecule has 2 rings (SSSR count). The van der Waals surface area contributed by atoms with Crippen LogP contribution in [0.5, 0.6) is 0 Å². The molecule has 0 unspecified atom stereocenters. The van der Waals surface area contributed by atoms with E-state index in [0.29, 0.717) is 16.9 Å². The van der Waals surface area contributed by atoms with Crippen LogP contribution in [-0.2, 0) is 6.18 Å². The van der Waals surface area contributed by atoms with Gasteiger partial charge in [-0.2, -0.15) is 13.2 Å². The van der Waals surface area contributed by atoms with Crippen molar-refractivity contribution >= 4 is 17.2 Å². The molecule has 1 N–H and O–H groups in total. The standard InChI is InChI=1S/C13H10F3NOS/c1-17-12(18)10-7-9(8-5-3-2-4-6-8)11(19-10)13(14,15)16/h2-7H,1H3,(H,17,18). The highest BCUT2D eigenvalue weighted by Gasteiger charge is 2.37. The number of thiophene rings is 1. The summed E-state index contributed by atoms with van der Waals surface area (Å²) < 4.78 is 39.0. The molecule has 19 heavy (non-hydrogen) atoms. The molecule has 0 aliphatic carbocycles. The molecule has 1 aromatic carbocycles. The molecule has 0 radical (unpaired) electrons. The van der Waals surface area contributed by atoms with Gasteiger partial charge in [0.15, 0.2) is 0 Å². The Morgan fingerprint density at radius 1 is 1.21 bits per heavy atom. The number of hydrogen-bond acceptors (Lipinski definition) is 2. The minimum atomic E-state index is -4.47. The number of halogens is 3. The van der Waals surface area contributed by atoms with Crippen molar-refractivity contribution in [3.8, 4) is 11.1 Å². The van der Waals surface area contributed by atoms with Gasteiger partial charge in [-0.1, -0.05) is 30.3 Å². The fraction of sp³-hybridized carbons (Fsp3) is 0.154. The maximum absolute atomic E-state index is 13.0. The highest BCUT2D eigenvalue weighted by atomic mass is 32.1. The molecule has 0 aliphatic rings. The molecule has 0 spiro atoms. The van der Waals surface area contributed by atoms with Crippen LogP contribution in [0.3, 0.4) is 0 Å². The molecule has 2 nitrogen and oxygen atoms in total. The van der Waals surface area contributed by atoms with Crippen LogP contribution in [0.2, 0.25) is 0 Å². The van der Waals surface area contributed by atoms with Gasteiger partial charge in [0.2, 0.25) is 0 Å². The highest BCUT2D eigenvalue weighted by molar-refractivity contribution is 7.14. The van der Waals surface area contributed by atoms with E-state index in [0.717, 1.165) is 0 Å². The fourth-order valence-corrected chi connectivity index (χ4v) is 2.66. The van der Waals surface area contributed by atoms with Crippen molar-refractivity contribution in [2.75, 3.05) is 7.05 Å². The maximum Gasteiger partial charge on any atom is 0.426 e. The number of carbonyl (C=O) groups is 1. The first kappa shape index (κ1) is 13.6. The Balaban J connectivity index is 2.59. The van der Waals surface area contributed by atoms with E-state index in [1.807, 2.05) is 0 Å². The van der Waals surface area contributed by atoms with Crippen molar-refractivity contribution in [2.24, 2.45) is 0 Å². The van der Waals surface area contributed by atoms with Crippen LogP contribution in [0.15, 0.2) is 36.4 Å². The smallest absolute Gasteiger partial charge is 0.354 e. The van der Waals surface area contributed by atoms with Gasteiger partial charge in [0.25, 0.3) is 5.91 Å². The summed E-state index contributed by atoms with van der Waals surface area (Å²) in [6.45, 7) is 0. The maximum atomic E-state index is 13.0. The second-order valence-electron chi connectivity index (χ2n) is 3.80. The van der Waals surface area contributed by atoms with E-state index >= 15 is 0 Å². The van der Waals surface area contributed by atoms with Gasteiger partial charge in [0, 0.05) is 12.6 Å². The molecule has 0 fully saturated rings. The summed E-state index contributed by atoms with van der Waals surface area (Å²) >= 11 is 0.457. The minimum absolute atomic E-state index is 0.0386. The van der Waals surface area contributed by atoms with E-state index in [1.54, 1.807) is 30.3 Å². The molecule has 100 valence electrons. The molecule has 0 aliphatic heterocycles. The van der Waals surface area contributed by atoms with Crippen molar-refractivity contribution < 1.29 is 18.0 Å². The van der Waals surface area contributed by atoms with E-state index < -0.39 is 17.0 Å². The lowest BCUT2D eigenvalue weighted by molar-refractivity contribution is -0.133. The van der Waals surface area contributed by atoms with Gasteiger partial charge in [-0.3, -0.25) is 4.79 Å². The predicted octanol–water partition coefficient (Wildman–Crippen LogP) is 3.79. The number of carbonyl (C=O) groups excluding carboxylic acids is 1. The first-order valence-corrected chi connectivity index (χ1v) is 6.23. The quantitative estimate of drug-likeness (QED) is 0.893. The van der Waals surface area contributed by atoms with E-state index in [4.69, 9.17) is 0 Å². The van der Waals surface area contributed by atoms with E-state index in [9.17, 15) is 18.0 Å². The third kappa shape index (κ3) is 2.78. The van der Waals surface area contributed by atoms with Gasteiger partial charge in [0.05, 0.1) is 4.88 Å². The number of benzene rings is 1. The van der Waals surface area contributed by atoms with Crippen LogP contribution in [0.4, 0.5) is 13.2 Å². The summed E-state index contributed by atoms with van der Waals surface area (Å²) in [6, 6.07) is 9.50. The van der Waals surface area contributed by atoms with Crippen molar-refractivity contribution in [1.82, 2.24) is 5.32 Å². The van der Waals surface area contributed by atoms with Gasteiger partial charge in [-0.15, -0.1) is 11.3 Å². The molecule has 2 aromatic rings. The Hall–Kier alpha value is -1.82. The summed E-state index contributed by atoms with van der Waals surface area (Å²) in [5.41, 5.74) is 0.484. The topological polar surface area (TPSA) is 29.1 Å². The molecule has 0 saturated carbocycles. The fourth-order valence-electron chi connectivity index (χ4n) is 1.67. The molecule has 1 amide bonds. The van der Waals surface area contributed by atoms with Crippen LogP contribution in [0.25, 0.3) is 11.1 Å². The lowest BCUT2D eigenvalue weighted by Gasteiger charge is -2.07. The molecular formula is C13H10F3NOS. The summed E-state index contributed by atoms with van der Waals surface area (Å²) in [5.74, 6) is -0.516. The Morgan fingerprint density at radius 2 is 1.84 bits per heavy atom. The Bertz CT molecular complexity index is 590. The first-order chi connectivity index (χ1) is 8.93. The average molecular weight is 285 g/mol. The molecule has 0 saturated heterocycles. The zero-order chi connectivity index (χ0) is 14.0. The Morgan fingerprint density at radius 3 is 2.37 bits per heavy atom. The van der Waals surface area contributed by atoms with Crippen LogP contribution in [0.1, 0.15) is 14.5 Å². The summed E-state index contributed by atoms with van der Waals surface area (Å²) in [5, 5.41) is 2.33. The van der Waals surface area contributed by atoms with E-state index in [2.05, 4.69) is 5.32 Å². The molecular weight excluding hydrogens is 275 g/mol. The van der Waals surface area contributed by atoms with E-state index in [-0.39, 0.29) is 10.4 Å². The number of alkyl halides is 3. The van der Waals surface area contributed by atoms with Crippen LogP contribution in [0, 0.1) is 0 Å². The van der Waals surface area contributed by atoms with Gasteiger partial charge in [-0.25, -0.2) is 0 Å². The first-order valence-electron chi connectivity index (χ1n) is 5.42. The summed E-state index contributed by atoms with van der Waals surface area (Å²) in [6.07, 6.45) is -4.47. The molecule has 6 heteroatoms. The van der Waals surface area contributed by atoms with Crippen molar-refractivity contribution in [3.63, 3.8) is 0 Å². The minimum Gasteiger partial charge on any atom is -0.354 e. The Kier molecular flexibility index (Phi) is 3.61. The zero-order valence-electron chi connectivity index (χ0n) is 9.91. The molecule has 1 aromatic heterocycles. The van der Waals surface area contributed by atoms with Crippen LogP contribution >= 0.6 is 11.3 Å². The van der Waals surface area contributed by atoms with Crippen molar-refractivity contribution in [1.29, 1.82) is 0 Å². The third-order valence-electron chi connectivity index (χ3n) is 2.53. The molecule has 1 heterocycles. The number of amides is 1. The lowest BCUT2D eigenvalue weighted by Crippen LogP contribution is -2.16. The summed E-state index contributed by atoms with van der Waals surface area (Å²) in [7, 11) is 1.39. The third-order valence-corrected chi connectivity index (χ3v) is 3.70.